The van der Waals surface area contributed by atoms with Gasteiger partial charge in [-0.2, -0.15) is 0 Å². The summed E-state index contributed by atoms with van der Waals surface area (Å²) in [5.74, 6) is 0.00399. The lowest BCUT2D eigenvalue weighted by Crippen LogP contribution is -2.52. The first-order valence-corrected chi connectivity index (χ1v) is 13.7. The molecule has 39 heavy (non-hydrogen) atoms. The number of piperidine rings is 2. The topological polar surface area (TPSA) is 91.8 Å². The van der Waals surface area contributed by atoms with Gasteiger partial charge in [0.05, 0.1) is 13.2 Å². The van der Waals surface area contributed by atoms with Crippen molar-refractivity contribution in [3.63, 3.8) is 0 Å². The first kappa shape index (κ1) is 24.0. The van der Waals surface area contributed by atoms with Crippen LogP contribution >= 0.6 is 0 Å². The Kier molecular flexibility index (Phi) is 5.74. The van der Waals surface area contributed by atoms with Crippen LogP contribution in [0.3, 0.4) is 0 Å². The van der Waals surface area contributed by atoms with Gasteiger partial charge in [-0.25, -0.2) is 0 Å². The number of amides is 3. The maximum atomic E-state index is 13.2. The number of hydrogen-bond acceptors (Lipinski definition) is 6. The van der Waals surface area contributed by atoms with Gasteiger partial charge in [-0.1, -0.05) is 24.3 Å². The van der Waals surface area contributed by atoms with E-state index in [4.69, 9.17) is 4.74 Å². The molecule has 3 amide bonds. The first-order valence-electron chi connectivity index (χ1n) is 13.7. The van der Waals surface area contributed by atoms with Crippen LogP contribution in [-0.4, -0.2) is 58.2 Å². The Morgan fingerprint density at radius 2 is 1.82 bits per heavy atom. The van der Waals surface area contributed by atoms with Crippen LogP contribution in [-0.2, 0) is 28.1 Å². The highest BCUT2D eigenvalue weighted by Gasteiger charge is 2.47. The van der Waals surface area contributed by atoms with Gasteiger partial charge in [0.25, 0.3) is 5.91 Å². The quantitative estimate of drug-likeness (QED) is 0.528. The number of nitrogens with one attached hydrogen (secondary N) is 1. The van der Waals surface area contributed by atoms with Crippen molar-refractivity contribution >= 4 is 17.7 Å². The van der Waals surface area contributed by atoms with Crippen molar-refractivity contribution in [3.8, 4) is 16.9 Å². The Morgan fingerprint density at radius 1 is 1.00 bits per heavy atom. The maximum absolute atomic E-state index is 13.2. The molecular formula is C31H30N4O4. The van der Waals surface area contributed by atoms with E-state index in [0.29, 0.717) is 25.1 Å². The van der Waals surface area contributed by atoms with Crippen molar-refractivity contribution in [1.29, 1.82) is 0 Å². The van der Waals surface area contributed by atoms with Gasteiger partial charge in [0, 0.05) is 47.5 Å². The second-order valence-electron chi connectivity index (χ2n) is 11.1. The molecular weight excluding hydrogens is 492 g/mol. The van der Waals surface area contributed by atoms with E-state index in [9.17, 15) is 14.4 Å². The minimum absolute atomic E-state index is 0.0507. The molecule has 1 N–H and O–H groups in total. The molecule has 3 aromatic rings. The van der Waals surface area contributed by atoms with Crippen LogP contribution in [0.15, 0.2) is 60.9 Å². The molecule has 0 aliphatic carbocycles. The second kappa shape index (κ2) is 9.31. The Hall–Kier alpha value is -4.04. The number of pyridine rings is 1. The Bertz CT molecular complexity index is 1480. The third kappa shape index (κ3) is 4.10. The molecule has 4 aliphatic heterocycles. The molecule has 1 unspecified atom stereocenters. The number of benzene rings is 2. The second-order valence-corrected chi connectivity index (χ2v) is 11.1. The summed E-state index contributed by atoms with van der Waals surface area (Å²) in [6.07, 6.45) is 6.25. The predicted molar refractivity (Wildman–Crippen MR) is 144 cm³/mol. The Morgan fingerprint density at radius 3 is 2.62 bits per heavy atom. The molecule has 4 aliphatic rings. The fourth-order valence-electron chi connectivity index (χ4n) is 6.69. The third-order valence-electron chi connectivity index (χ3n) is 8.89. The molecule has 0 bridgehead atoms. The average molecular weight is 523 g/mol. The summed E-state index contributed by atoms with van der Waals surface area (Å²) >= 11 is 0. The minimum Gasteiger partial charge on any atom is -0.492 e. The summed E-state index contributed by atoms with van der Waals surface area (Å²) in [6.45, 7) is 3.82. The molecule has 198 valence electrons. The van der Waals surface area contributed by atoms with Gasteiger partial charge in [0.1, 0.15) is 11.8 Å². The molecule has 2 fully saturated rings. The molecule has 8 nitrogen and oxygen atoms in total. The number of hydrogen-bond donors (Lipinski definition) is 1. The number of ether oxygens (including phenoxy) is 1. The average Bonchev–Trinajstić information content (AvgIpc) is 3.48. The predicted octanol–water partition coefficient (Wildman–Crippen LogP) is 3.44. The van der Waals surface area contributed by atoms with E-state index in [2.05, 4.69) is 45.5 Å². The molecule has 8 heteroatoms. The fraction of sp³-hybridized carbons (Fsp3) is 0.355. The van der Waals surface area contributed by atoms with Crippen LogP contribution in [0.1, 0.15) is 52.7 Å². The lowest BCUT2D eigenvalue weighted by Gasteiger charge is -2.38. The summed E-state index contributed by atoms with van der Waals surface area (Å²) < 4.78 is 6.32. The van der Waals surface area contributed by atoms with Crippen LogP contribution in [0.25, 0.3) is 11.1 Å². The van der Waals surface area contributed by atoms with Gasteiger partial charge < -0.3 is 9.64 Å². The molecule has 1 atom stereocenters. The first-order chi connectivity index (χ1) is 19.0. The van der Waals surface area contributed by atoms with E-state index in [0.717, 1.165) is 43.8 Å². The van der Waals surface area contributed by atoms with Crippen LogP contribution in [0.5, 0.6) is 5.75 Å². The highest BCUT2D eigenvalue weighted by molar-refractivity contribution is 6.05. The summed E-state index contributed by atoms with van der Waals surface area (Å²) in [6, 6.07) is 16.2. The van der Waals surface area contributed by atoms with Crippen molar-refractivity contribution in [3.05, 3.63) is 83.2 Å². The zero-order chi connectivity index (χ0) is 26.6. The van der Waals surface area contributed by atoms with Crippen LogP contribution in [0.4, 0.5) is 0 Å². The van der Waals surface area contributed by atoms with Gasteiger partial charge in [-0.3, -0.25) is 29.6 Å². The number of imide groups is 1. The zero-order valence-electron chi connectivity index (χ0n) is 21.7. The molecule has 1 spiro atoms. The number of likely N-dealkylation sites (tertiary alicyclic amines) is 1. The van der Waals surface area contributed by atoms with Crippen LogP contribution in [0.2, 0.25) is 0 Å². The number of carbonyl (C=O) groups excluding carboxylic acids is 3. The monoisotopic (exact) mass is 522 g/mol. The largest absolute Gasteiger partial charge is 0.492 e. The number of aromatic nitrogens is 1. The standard InChI is InChI=1S/C31H30N4O4/c36-27-7-6-26(29(37)33-27)35-18-24-23(30(35)38)4-5-25-28(24)39-19-31(25)10-14-34(15-11-31)17-20-2-1-3-22(16-20)21-8-12-32-13-9-21/h1-5,8-9,12-13,16,26H,6-7,10-11,14-15,17-19H2,(H,33,36,37). The zero-order valence-corrected chi connectivity index (χ0v) is 21.7. The summed E-state index contributed by atoms with van der Waals surface area (Å²) in [4.78, 5) is 45.5. The van der Waals surface area contributed by atoms with E-state index in [1.807, 2.05) is 30.6 Å². The summed E-state index contributed by atoms with van der Waals surface area (Å²) in [5.41, 5.74) is 6.32. The van der Waals surface area contributed by atoms with Crippen molar-refractivity contribution < 1.29 is 19.1 Å². The number of fused-ring (bicyclic) bond motifs is 4. The number of rotatable bonds is 4. The SMILES string of the molecule is O=C1CCC(N2Cc3c(ccc4c3OCC43CCN(Cc4cccc(-c5ccncc5)c4)CC3)C2=O)C(=O)N1. The van der Waals surface area contributed by atoms with Crippen LogP contribution in [0, 0.1) is 0 Å². The van der Waals surface area contributed by atoms with Gasteiger partial charge >= 0.3 is 0 Å². The summed E-state index contributed by atoms with van der Waals surface area (Å²) in [7, 11) is 0. The highest BCUT2D eigenvalue weighted by Crippen LogP contribution is 2.49. The molecule has 2 saturated heterocycles. The maximum Gasteiger partial charge on any atom is 0.255 e. The van der Waals surface area contributed by atoms with Gasteiger partial charge in [-0.15, -0.1) is 0 Å². The number of nitrogens with zero attached hydrogens (tertiary/aromatic N) is 3. The minimum atomic E-state index is -0.617. The molecule has 2 aromatic carbocycles. The van der Waals surface area contributed by atoms with E-state index >= 15 is 0 Å². The lowest BCUT2D eigenvalue weighted by molar-refractivity contribution is -0.136. The molecule has 7 rings (SSSR count). The Balaban J connectivity index is 1.06. The molecule has 1 aromatic heterocycles. The van der Waals surface area contributed by atoms with Gasteiger partial charge in [0.2, 0.25) is 11.8 Å². The lowest BCUT2D eigenvalue weighted by atomic mass is 9.74. The van der Waals surface area contributed by atoms with Crippen molar-refractivity contribution in [2.24, 2.45) is 0 Å². The van der Waals surface area contributed by atoms with E-state index in [1.54, 1.807) is 4.90 Å². The molecule has 5 heterocycles. The fourth-order valence-corrected chi connectivity index (χ4v) is 6.69. The highest BCUT2D eigenvalue weighted by atomic mass is 16.5. The smallest absolute Gasteiger partial charge is 0.255 e. The summed E-state index contributed by atoms with van der Waals surface area (Å²) in [5, 5.41) is 2.38. The normalized spacial score (nSPS) is 22.0. The van der Waals surface area contributed by atoms with Gasteiger partial charge in [-0.05, 0) is 73.3 Å². The van der Waals surface area contributed by atoms with E-state index in [1.165, 1.54) is 22.3 Å². The van der Waals surface area contributed by atoms with Crippen molar-refractivity contribution in [1.82, 2.24) is 20.1 Å². The Labute approximate surface area is 227 Å². The van der Waals surface area contributed by atoms with E-state index < -0.39 is 6.04 Å². The van der Waals surface area contributed by atoms with Crippen molar-refractivity contribution in [2.75, 3.05) is 19.7 Å². The van der Waals surface area contributed by atoms with Crippen molar-refractivity contribution in [2.45, 2.75) is 50.2 Å². The van der Waals surface area contributed by atoms with Crippen LogP contribution < -0.4 is 10.1 Å². The third-order valence-corrected chi connectivity index (χ3v) is 8.89. The molecule has 0 saturated carbocycles. The number of carbonyl (C=O) groups is 3. The van der Waals surface area contributed by atoms with Gasteiger partial charge in [0.15, 0.2) is 0 Å². The molecule has 0 radical (unpaired) electrons. The van der Waals surface area contributed by atoms with E-state index in [-0.39, 0.29) is 29.6 Å².